The third-order valence-electron chi connectivity index (χ3n) is 4.14. The zero-order valence-corrected chi connectivity index (χ0v) is 13.5. The van der Waals surface area contributed by atoms with Crippen molar-refractivity contribution in [2.24, 2.45) is 5.73 Å². The summed E-state index contributed by atoms with van der Waals surface area (Å²) in [7, 11) is 0. The van der Waals surface area contributed by atoms with Gasteiger partial charge in [0.25, 0.3) is 5.91 Å². The minimum absolute atomic E-state index is 0.0437. The van der Waals surface area contributed by atoms with Gasteiger partial charge in [0.05, 0.1) is 12.6 Å². The minimum atomic E-state index is -0.502. The summed E-state index contributed by atoms with van der Waals surface area (Å²) >= 11 is 0. The minimum Gasteiger partial charge on any atom is -0.367 e. The van der Waals surface area contributed by atoms with Crippen LogP contribution in [0.3, 0.4) is 0 Å². The molecule has 24 heavy (non-hydrogen) atoms. The third-order valence-corrected chi connectivity index (χ3v) is 4.14. The lowest BCUT2D eigenvalue weighted by atomic mass is 10.0. The molecule has 0 radical (unpaired) electrons. The number of nitrogens with two attached hydrogens (primary N) is 1. The van der Waals surface area contributed by atoms with Gasteiger partial charge < -0.3 is 15.4 Å². The van der Waals surface area contributed by atoms with Crippen molar-refractivity contribution in [2.45, 2.75) is 19.1 Å². The second-order valence-corrected chi connectivity index (χ2v) is 6.00. The number of primary amides is 1. The van der Waals surface area contributed by atoms with Crippen molar-refractivity contribution in [3.05, 3.63) is 71.3 Å². The number of nitrogens with zero attached hydrogens (tertiary/aromatic N) is 1. The van der Waals surface area contributed by atoms with Crippen molar-refractivity contribution in [1.82, 2.24) is 4.90 Å². The zero-order chi connectivity index (χ0) is 17.1. The van der Waals surface area contributed by atoms with Crippen molar-refractivity contribution in [3.8, 4) is 0 Å². The Morgan fingerprint density at radius 1 is 1.00 bits per heavy atom. The highest BCUT2D eigenvalue weighted by Gasteiger charge is 2.29. The maximum Gasteiger partial charge on any atom is 0.254 e. The molecule has 5 nitrogen and oxygen atoms in total. The number of benzene rings is 2. The first-order valence-electron chi connectivity index (χ1n) is 7.94. The van der Waals surface area contributed by atoms with Crippen LogP contribution in [0.1, 0.15) is 39.3 Å². The zero-order valence-electron chi connectivity index (χ0n) is 13.5. The maximum atomic E-state index is 12.8. The molecule has 2 aromatic carbocycles. The Morgan fingerprint density at radius 2 is 1.62 bits per heavy atom. The quantitative estimate of drug-likeness (QED) is 0.942. The van der Waals surface area contributed by atoms with E-state index in [0.29, 0.717) is 24.2 Å². The number of amides is 2. The van der Waals surface area contributed by atoms with Crippen molar-refractivity contribution in [2.75, 3.05) is 13.1 Å². The van der Waals surface area contributed by atoms with Gasteiger partial charge in [-0.05, 0) is 36.8 Å². The highest BCUT2D eigenvalue weighted by molar-refractivity contribution is 5.97. The van der Waals surface area contributed by atoms with Gasteiger partial charge in [-0.25, -0.2) is 0 Å². The molecule has 2 atom stereocenters. The number of morpholine rings is 1. The average Bonchev–Trinajstić information content (AvgIpc) is 2.61. The van der Waals surface area contributed by atoms with E-state index in [9.17, 15) is 9.59 Å². The van der Waals surface area contributed by atoms with Crippen LogP contribution in [0.25, 0.3) is 0 Å². The van der Waals surface area contributed by atoms with Crippen LogP contribution < -0.4 is 5.73 Å². The largest absolute Gasteiger partial charge is 0.367 e. The summed E-state index contributed by atoms with van der Waals surface area (Å²) in [5.41, 5.74) is 7.23. The van der Waals surface area contributed by atoms with E-state index >= 15 is 0 Å². The van der Waals surface area contributed by atoms with Crippen molar-refractivity contribution >= 4 is 11.8 Å². The van der Waals surface area contributed by atoms with Gasteiger partial charge in [-0.1, -0.05) is 30.3 Å². The fraction of sp³-hybridized carbons (Fsp3) is 0.263. The molecule has 1 aliphatic rings. The van der Waals surface area contributed by atoms with Gasteiger partial charge in [0, 0.05) is 17.7 Å². The van der Waals surface area contributed by atoms with Gasteiger partial charge in [0.15, 0.2) is 0 Å². The molecule has 0 bridgehead atoms. The lowest BCUT2D eigenvalue weighted by molar-refractivity contribution is -0.0691. The molecule has 0 aromatic heterocycles. The molecule has 5 heteroatoms. The highest BCUT2D eigenvalue weighted by atomic mass is 16.5. The fourth-order valence-corrected chi connectivity index (χ4v) is 2.93. The number of hydrogen-bond donors (Lipinski definition) is 1. The molecule has 124 valence electrons. The van der Waals surface area contributed by atoms with Crippen molar-refractivity contribution in [3.63, 3.8) is 0 Å². The molecule has 3 rings (SSSR count). The van der Waals surface area contributed by atoms with Gasteiger partial charge in [-0.3, -0.25) is 9.59 Å². The third kappa shape index (κ3) is 3.46. The average molecular weight is 324 g/mol. The Morgan fingerprint density at radius 3 is 2.25 bits per heavy atom. The molecule has 0 spiro atoms. The fourth-order valence-electron chi connectivity index (χ4n) is 2.93. The van der Waals surface area contributed by atoms with Gasteiger partial charge in [0.1, 0.15) is 6.10 Å². The van der Waals surface area contributed by atoms with Crippen LogP contribution in [0, 0.1) is 0 Å². The van der Waals surface area contributed by atoms with E-state index in [-0.39, 0.29) is 18.1 Å². The molecule has 2 aromatic rings. The summed E-state index contributed by atoms with van der Waals surface area (Å²) in [5.74, 6) is -0.569. The summed E-state index contributed by atoms with van der Waals surface area (Å²) in [6.07, 6.45) is -0.179. The Bertz CT molecular complexity index is 728. The SMILES string of the molecule is CC1CN(C(=O)c2ccc(C(N)=O)cc2)CC(c2ccccc2)O1. The lowest BCUT2D eigenvalue weighted by Gasteiger charge is -2.37. The van der Waals surface area contributed by atoms with E-state index < -0.39 is 5.91 Å². The number of ether oxygens (including phenoxy) is 1. The summed E-state index contributed by atoms with van der Waals surface area (Å²) in [6.45, 7) is 3.01. The van der Waals surface area contributed by atoms with Crippen LogP contribution in [-0.4, -0.2) is 35.9 Å². The normalized spacial score (nSPS) is 20.6. The molecule has 2 unspecified atom stereocenters. The Balaban J connectivity index is 1.77. The van der Waals surface area contributed by atoms with Crippen LogP contribution in [-0.2, 0) is 4.74 Å². The molecule has 0 aliphatic carbocycles. The summed E-state index contributed by atoms with van der Waals surface area (Å²) in [5, 5.41) is 0. The number of hydrogen-bond acceptors (Lipinski definition) is 3. The van der Waals surface area contributed by atoms with E-state index in [4.69, 9.17) is 10.5 Å². The van der Waals surface area contributed by atoms with Crippen LogP contribution in [0.15, 0.2) is 54.6 Å². The monoisotopic (exact) mass is 324 g/mol. The maximum absolute atomic E-state index is 12.8. The van der Waals surface area contributed by atoms with Crippen LogP contribution >= 0.6 is 0 Å². The van der Waals surface area contributed by atoms with Gasteiger partial charge in [0.2, 0.25) is 5.91 Å². The first kappa shape index (κ1) is 16.2. The molecule has 2 N–H and O–H groups in total. The van der Waals surface area contributed by atoms with E-state index in [1.807, 2.05) is 37.3 Å². The van der Waals surface area contributed by atoms with E-state index in [1.165, 1.54) is 0 Å². The van der Waals surface area contributed by atoms with Crippen molar-refractivity contribution < 1.29 is 14.3 Å². The Hall–Kier alpha value is -2.66. The second-order valence-electron chi connectivity index (χ2n) is 6.00. The first-order chi connectivity index (χ1) is 11.5. The molecule has 2 amide bonds. The van der Waals surface area contributed by atoms with Gasteiger partial charge in [-0.2, -0.15) is 0 Å². The van der Waals surface area contributed by atoms with E-state index in [0.717, 1.165) is 5.56 Å². The molecule has 1 saturated heterocycles. The van der Waals surface area contributed by atoms with Crippen molar-refractivity contribution in [1.29, 1.82) is 0 Å². The number of rotatable bonds is 3. The van der Waals surface area contributed by atoms with E-state index in [2.05, 4.69) is 0 Å². The smallest absolute Gasteiger partial charge is 0.254 e. The Kier molecular flexibility index (Phi) is 4.62. The molecule has 1 aliphatic heterocycles. The second kappa shape index (κ2) is 6.84. The summed E-state index contributed by atoms with van der Waals surface area (Å²) in [4.78, 5) is 25.7. The Labute approximate surface area is 141 Å². The predicted molar refractivity (Wildman–Crippen MR) is 90.6 cm³/mol. The van der Waals surface area contributed by atoms with Crippen LogP contribution in [0.4, 0.5) is 0 Å². The number of carbonyl (C=O) groups excluding carboxylic acids is 2. The highest BCUT2D eigenvalue weighted by Crippen LogP contribution is 2.26. The number of carbonyl (C=O) groups is 2. The standard InChI is InChI=1S/C19H20N2O3/c1-13-11-21(12-17(24-13)14-5-3-2-4-6-14)19(23)16-9-7-15(8-10-16)18(20)22/h2-10,13,17H,11-12H2,1H3,(H2,20,22). The lowest BCUT2D eigenvalue weighted by Crippen LogP contribution is -2.46. The van der Waals surface area contributed by atoms with Gasteiger partial charge in [-0.15, -0.1) is 0 Å². The molecular formula is C19H20N2O3. The summed E-state index contributed by atoms with van der Waals surface area (Å²) < 4.78 is 5.98. The predicted octanol–water partition coefficient (Wildman–Crippen LogP) is 2.39. The van der Waals surface area contributed by atoms with E-state index in [1.54, 1.807) is 29.2 Å². The molecule has 0 saturated carbocycles. The molecular weight excluding hydrogens is 304 g/mol. The van der Waals surface area contributed by atoms with Crippen LogP contribution in [0.2, 0.25) is 0 Å². The molecule has 1 heterocycles. The van der Waals surface area contributed by atoms with Gasteiger partial charge >= 0.3 is 0 Å². The molecule has 1 fully saturated rings. The first-order valence-corrected chi connectivity index (χ1v) is 7.94. The summed E-state index contributed by atoms with van der Waals surface area (Å²) in [6, 6.07) is 16.3. The topological polar surface area (TPSA) is 72.6 Å². The van der Waals surface area contributed by atoms with Crippen LogP contribution in [0.5, 0.6) is 0 Å².